The highest BCUT2D eigenvalue weighted by Gasteiger charge is 2.03. The summed E-state index contributed by atoms with van der Waals surface area (Å²) in [5.41, 5.74) is 1.40. The molecule has 0 saturated carbocycles. The van der Waals surface area contributed by atoms with Gasteiger partial charge in [-0.05, 0) is 24.9 Å². The van der Waals surface area contributed by atoms with Crippen molar-refractivity contribution in [1.82, 2.24) is 4.90 Å². The zero-order chi connectivity index (χ0) is 13.1. The molecule has 0 aliphatic heterocycles. The van der Waals surface area contributed by atoms with Gasteiger partial charge < -0.3 is 0 Å². The molecule has 18 heavy (non-hydrogen) atoms. The number of benzene rings is 1. The zero-order valence-electron chi connectivity index (χ0n) is 11.8. The van der Waals surface area contributed by atoms with E-state index >= 15 is 0 Å². The van der Waals surface area contributed by atoms with Crippen molar-refractivity contribution in [2.45, 2.75) is 46.1 Å². The van der Waals surface area contributed by atoms with Crippen LogP contribution in [0.5, 0.6) is 0 Å². The summed E-state index contributed by atoms with van der Waals surface area (Å²) in [6.45, 7) is 7.70. The average molecular weight is 243 g/mol. The number of nitrogens with zero attached hydrogens (tertiary/aromatic N) is 1. The molecule has 0 fully saturated rings. The van der Waals surface area contributed by atoms with Crippen LogP contribution in [0.1, 0.15) is 45.1 Å². The Balaban J connectivity index is 2.38. The van der Waals surface area contributed by atoms with Crippen LogP contribution in [0.4, 0.5) is 0 Å². The van der Waals surface area contributed by atoms with Gasteiger partial charge in [0.05, 0.1) is 0 Å². The molecule has 1 aromatic carbocycles. The normalized spacial score (nSPS) is 10.2. The molecule has 0 unspecified atom stereocenters. The minimum atomic E-state index is 0.993. The lowest BCUT2D eigenvalue weighted by Crippen LogP contribution is -2.25. The highest BCUT2D eigenvalue weighted by molar-refractivity contribution is 5.14. The molecule has 1 heteroatoms. The average Bonchev–Trinajstić information content (AvgIpc) is 2.40. The minimum Gasteiger partial charge on any atom is -0.298 e. The van der Waals surface area contributed by atoms with Gasteiger partial charge in [0, 0.05) is 25.9 Å². The van der Waals surface area contributed by atoms with E-state index in [2.05, 4.69) is 60.9 Å². The number of unbranched alkanes of at least 4 members (excludes halogenated alkanes) is 1. The van der Waals surface area contributed by atoms with Crippen LogP contribution in [0.2, 0.25) is 0 Å². The minimum absolute atomic E-state index is 0.993. The first-order valence-corrected chi connectivity index (χ1v) is 7.08. The molecule has 1 nitrogen and oxygen atoms in total. The van der Waals surface area contributed by atoms with Gasteiger partial charge in [0.15, 0.2) is 0 Å². The van der Waals surface area contributed by atoms with Gasteiger partial charge in [-0.3, -0.25) is 4.90 Å². The van der Waals surface area contributed by atoms with E-state index in [1.807, 2.05) is 0 Å². The van der Waals surface area contributed by atoms with Crippen molar-refractivity contribution >= 4 is 0 Å². The van der Waals surface area contributed by atoms with Crippen LogP contribution in [-0.4, -0.2) is 18.0 Å². The summed E-state index contributed by atoms with van der Waals surface area (Å²) in [6, 6.07) is 10.7. The maximum atomic E-state index is 3.27. The van der Waals surface area contributed by atoms with Gasteiger partial charge in [-0.2, -0.15) is 0 Å². The third kappa shape index (κ3) is 6.47. The molecule has 0 amide bonds. The molecule has 0 N–H and O–H groups in total. The Morgan fingerprint density at radius 3 is 2.28 bits per heavy atom. The fraction of sp³-hybridized carbons (Fsp3) is 0.529. The lowest BCUT2D eigenvalue weighted by atomic mass is 10.2. The van der Waals surface area contributed by atoms with E-state index in [9.17, 15) is 0 Å². The highest BCUT2D eigenvalue weighted by Crippen LogP contribution is 2.05. The molecule has 98 valence electrons. The Morgan fingerprint density at radius 1 is 0.889 bits per heavy atom. The molecule has 0 atom stereocenters. The Kier molecular flexibility index (Phi) is 8.01. The molecule has 0 aromatic heterocycles. The van der Waals surface area contributed by atoms with Gasteiger partial charge in [-0.25, -0.2) is 0 Å². The molecule has 0 aliphatic carbocycles. The molecular formula is C17H25N. The van der Waals surface area contributed by atoms with Gasteiger partial charge in [-0.1, -0.05) is 44.2 Å². The molecule has 0 heterocycles. The first-order valence-electron chi connectivity index (χ1n) is 7.08. The molecule has 0 radical (unpaired) electrons. The van der Waals surface area contributed by atoms with Crippen molar-refractivity contribution in [3.63, 3.8) is 0 Å². The Hall–Kier alpha value is -1.26. The summed E-state index contributed by atoms with van der Waals surface area (Å²) in [4.78, 5) is 2.50. The van der Waals surface area contributed by atoms with E-state index < -0.39 is 0 Å². The fourth-order valence-electron chi connectivity index (χ4n) is 1.94. The SMILES string of the molecule is CCCC#CCCN(CCC)Cc1ccccc1. The monoisotopic (exact) mass is 243 g/mol. The Bertz CT molecular complexity index is 358. The third-order valence-corrected chi connectivity index (χ3v) is 2.84. The molecule has 1 rings (SSSR count). The van der Waals surface area contributed by atoms with Gasteiger partial charge in [0.25, 0.3) is 0 Å². The van der Waals surface area contributed by atoms with E-state index in [-0.39, 0.29) is 0 Å². The summed E-state index contributed by atoms with van der Waals surface area (Å²) in [7, 11) is 0. The van der Waals surface area contributed by atoms with Crippen molar-refractivity contribution in [2.75, 3.05) is 13.1 Å². The standard InChI is InChI=1S/C17H25N/c1-3-5-6-7-11-15-18(14-4-2)16-17-12-9-8-10-13-17/h8-10,12-13H,3-5,11,14-16H2,1-2H3. The van der Waals surface area contributed by atoms with Crippen LogP contribution in [0.25, 0.3) is 0 Å². The zero-order valence-corrected chi connectivity index (χ0v) is 11.8. The van der Waals surface area contributed by atoms with Gasteiger partial charge in [0.1, 0.15) is 0 Å². The molecule has 0 saturated heterocycles. The second kappa shape index (κ2) is 9.74. The number of rotatable bonds is 7. The van der Waals surface area contributed by atoms with Gasteiger partial charge >= 0.3 is 0 Å². The second-order valence-corrected chi connectivity index (χ2v) is 4.62. The molecular weight excluding hydrogens is 218 g/mol. The number of hydrogen-bond acceptors (Lipinski definition) is 1. The van der Waals surface area contributed by atoms with Crippen molar-refractivity contribution in [3.8, 4) is 11.8 Å². The lowest BCUT2D eigenvalue weighted by molar-refractivity contribution is 0.272. The smallest absolute Gasteiger partial charge is 0.0234 e. The maximum Gasteiger partial charge on any atom is 0.0234 e. The predicted octanol–water partition coefficient (Wildman–Crippen LogP) is 4.09. The fourth-order valence-corrected chi connectivity index (χ4v) is 1.94. The molecule has 0 aliphatic rings. The van der Waals surface area contributed by atoms with Crippen molar-refractivity contribution < 1.29 is 0 Å². The van der Waals surface area contributed by atoms with E-state index in [1.54, 1.807) is 0 Å². The van der Waals surface area contributed by atoms with Gasteiger partial charge in [0.2, 0.25) is 0 Å². The van der Waals surface area contributed by atoms with E-state index in [0.717, 1.165) is 38.9 Å². The summed E-state index contributed by atoms with van der Waals surface area (Å²) >= 11 is 0. The summed E-state index contributed by atoms with van der Waals surface area (Å²) < 4.78 is 0. The van der Waals surface area contributed by atoms with Crippen LogP contribution >= 0.6 is 0 Å². The van der Waals surface area contributed by atoms with E-state index in [0.29, 0.717) is 0 Å². The summed E-state index contributed by atoms with van der Waals surface area (Å²) in [6.07, 6.45) is 4.39. The van der Waals surface area contributed by atoms with Crippen LogP contribution < -0.4 is 0 Å². The van der Waals surface area contributed by atoms with Crippen LogP contribution in [0, 0.1) is 11.8 Å². The summed E-state index contributed by atoms with van der Waals surface area (Å²) in [5, 5.41) is 0. The van der Waals surface area contributed by atoms with E-state index in [4.69, 9.17) is 0 Å². The Morgan fingerprint density at radius 2 is 1.61 bits per heavy atom. The van der Waals surface area contributed by atoms with Crippen molar-refractivity contribution in [3.05, 3.63) is 35.9 Å². The van der Waals surface area contributed by atoms with Crippen molar-refractivity contribution in [1.29, 1.82) is 0 Å². The van der Waals surface area contributed by atoms with Gasteiger partial charge in [-0.15, -0.1) is 11.8 Å². The Labute approximate surface area is 112 Å². The molecule has 0 spiro atoms. The van der Waals surface area contributed by atoms with Crippen LogP contribution in [0.3, 0.4) is 0 Å². The van der Waals surface area contributed by atoms with Crippen LogP contribution in [-0.2, 0) is 6.54 Å². The molecule has 1 aromatic rings. The largest absolute Gasteiger partial charge is 0.298 e. The maximum absolute atomic E-state index is 3.27. The molecule has 0 bridgehead atoms. The first-order chi connectivity index (χ1) is 8.86. The highest BCUT2D eigenvalue weighted by atomic mass is 15.1. The lowest BCUT2D eigenvalue weighted by Gasteiger charge is -2.20. The predicted molar refractivity (Wildman–Crippen MR) is 79.3 cm³/mol. The second-order valence-electron chi connectivity index (χ2n) is 4.62. The van der Waals surface area contributed by atoms with Crippen molar-refractivity contribution in [2.24, 2.45) is 0 Å². The van der Waals surface area contributed by atoms with Crippen LogP contribution in [0.15, 0.2) is 30.3 Å². The summed E-state index contributed by atoms with van der Waals surface area (Å²) in [5.74, 6) is 6.49. The topological polar surface area (TPSA) is 3.24 Å². The van der Waals surface area contributed by atoms with E-state index in [1.165, 1.54) is 12.0 Å². The third-order valence-electron chi connectivity index (χ3n) is 2.84. The first kappa shape index (κ1) is 14.8. The number of hydrogen-bond donors (Lipinski definition) is 0. The quantitative estimate of drug-likeness (QED) is 0.652.